The largest absolute Gasteiger partial charge is 0.279 e. The molecule has 0 saturated carbocycles. The van der Waals surface area contributed by atoms with Crippen LogP contribution < -0.4 is 0 Å². The number of amides is 2. The number of imide groups is 1. The Kier molecular flexibility index (Phi) is 3.71. The average Bonchev–Trinajstić information content (AvgIpc) is 2.64. The minimum absolute atomic E-state index is 0.174. The molecule has 1 aliphatic rings. The highest BCUT2D eigenvalue weighted by Crippen LogP contribution is 2.28. The standard InChI is InChI=1S/C14H14ClNO3/c1-3-8(2)11(12(15)17)16-13(18)9-6-4-5-7-10(9)14(16)19/h4-8,11H,3H2,1-2H3/t8-,11-/m0/s1. The zero-order valence-electron chi connectivity index (χ0n) is 10.7. The molecule has 0 unspecified atom stereocenters. The highest BCUT2D eigenvalue weighted by molar-refractivity contribution is 6.65. The van der Waals surface area contributed by atoms with Gasteiger partial charge >= 0.3 is 0 Å². The second kappa shape index (κ2) is 5.13. The first-order valence-corrected chi connectivity index (χ1v) is 6.53. The molecular formula is C14H14ClNO3. The molecule has 2 rings (SSSR count). The topological polar surface area (TPSA) is 54.5 Å². The predicted octanol–water partition coefficient (Wildman–Crippen LogP) is 2.46. The summed E-state index contributed by atoms with van der Waals surface area (Å²) in [7, 11) is 0. The zero-order valence-corrected chi connectivity index (χ0v) is 11.5. The van der Waals surface area contributed by atoms with Crippen LogP contribution >= 0.6 is 11.6 Å². The average molecular weight is 280 g/mol. The smallest absolute Gasteiger partial charge is 0.262 e. The molecule has 0 radical (unpaired) electrons. The summed E-state index contributed by atoms with van der Waals surface area (Å²) in [4.78, 5) is 37.1. The van der Waals surface area contributed by atoms with Crippen LogP contribution in [0.25, 0.3) is 0 Å². The van der Waals surface area contributed by atoms with Crippen LogP contribution in [0.4, 0.5) is 0 Å². The van der Waals surface area contributed by atoms with Crippen LogP contribution in [0.3, 0.4) is 0 Å². The Morgan fingerprint density at radius 1 is 1.21 bits per heavy atom. The number of fused-ring (bicyclic) bond motifs is 1. The van der Waals surface area contributed by atoms with Crippen molar-refractivity contribution in [2.75, 3.05) is 0 Å². The first-order valence-electron chi connectivity index (χ1n) is 6.15. The molecule has 4 nitrogen and oxygen atoms in total. The van der Waals surface area contributed by atoms with Gasteiger partial charge in [-0.05, 0) is 29.7 Å². The summed E-state index contributed by atoms with van der Waals surface area (Å²) in [5, 5.41) is -0.677. The molecule has 2 atom stereocenters. The van der Waals surface area contributed by atoms with Crippen molar-refractivity contribution in [3.63, 3.8) is 0 Å². The van der Waals surface area contributed by atoms with E-state index in [0.717, 1.165) is 4.90 Å². The van der Waals surface area contributed by atoms with Gasteiger partial charge in [0.05, 0.1) is 11.1 Å². The molecule has 1 aromatic carbocycles. The third kappa shape index (κ3) is 2.16. The number of hydrogen-bond donors (Lipinski definition) is 0. The van der Waals surface area contributed by atoms with E-state index in [1.54, 1.807) is 31.2 Å². The van der Waals surface area contributed by atoms with Crippen molar-refractivity contribution in [2.45, 2.75) is 26.3 Å². The van der Waals surface area contributed by atoms with Gasteiger partial charge in [0.2, 0.25) is 5.24 Å². The molecule has 1 aliphatic heterocycles. The minimum atomic E-state index is -0.904. The van der Waals surface area contributed by atoms with Crippen LogP contribution in [0.1, 0.15) is 41.0 Å². The molecule has 0 N–H and O–H groups in total. The first-order chi connectivity index (χ1) is 8.99. The third-order valence-corrected chi connectivity index (χ3v) is 3.74. The SMILES string of the molecule is CC[C@H](C)[C@@H](C(=O)Cl)N1C(=O)c2ccccc2C1=O. The maximum absolute atomic E-state index is 12.3. The van der Waals surface area contributed by atoms with Gasteiger partial charge in [-0.2, -0.15) is 0 Å². The molecule has 0 saturated heterocycles. The first kappa shape index (κ1) is 13.7. The van der Waals surface area contributed by atoms with Crippen molar-refractivity contribution in [1.29, 1.82) is 0 Å². The third-order valence-electron chi connectivity index (χ3n) is 3.52. The molecule has 19 heavy (non-hydrogen) atoms. The number of carbonyl (C=O) groups excluding carboxylic acids is 3. The van der Waals surface area contributed by atoms with Gasteiger partial charge in [0.25, 0.3) is 11.8 Å². The molecule has 0 aliphatic carbocycles. The molecule has 0 bridgehead atoms. The van der Waals surface area contributed by atoms with Gasteiger partial charge in [0, 0.05) is 0 Å². The molecule has 0 spiro atoms. The van der Waals surface area contributed by atoms with E-state index in [1.165, 1.54) is 0 Å². The number of hydrogen-bond acceptors (Lipinski definition) is 3. The van der Waals surface area contributed by atoms with E-state index in [4.69, 9.17) is 11.6 Å². The molecule has 0 aromatic heterocycles. The zero-order chi connectivity index (χ0) is 14.2. The minimum Gasteiger partial charge on any atom is -0.279 e. The Hall–Kier alpha value is -1.68. The van der Waals surface area contributed by atoms with E-state index in [0.29, 0.717) is 17.5 Å². The Labute approximate surface area is 116 Å². The van der Waals surface area contributed by atoms with Crippen molar-refractivity contribution in [2.24, 2.45) is 5.92 Å². The highest BCUT2D eigenvalue weighted by Gasteiger charge is 2.43. The normalized spacial score (nSPS) is 17.3. The van der Waals surface area contributed by atoms with Crippen molar-refractivity contribution >= 4 is 28.7 Å². The van der Waals surface area contributed by atoms with E-state index >= 15 is 0 Å². The Bertz CT molecular complexity index is 520. The number of nitrogens with zero attached hydrogens (tertiary/aromatic N) is 1. The lowest BCUT2D eigenvalue weighted by Crippen LogP contribution is -2.47. The van der Waals surface area contributed by atoms with Gasteiger partial charge < -0.3 is 0 Å². The molecular weight excluding hydrogens is 266 g/mol. The molecule has 5 heteroatoms. The van der Waals surface area contributed by atoms with Crippen molar-refractivity contribution in [3.8, 4) is 0 Å². The van der Waals surface area contributed by atoms with Crippen LogP contribution in [0.5, 0.6) is 0 Å². The molecule has 2 amide bonds. The fourth-order valence-electron chi connectivity index (χ4n) is 2.26. The Morgan fingerprint density at radius 3 is 2.05 bits per heavy atom. The lowest BCUT2D eigenvalue weighted by Gasteiger charge is -2.27. The fraction of sp³-hybridized carbons (Fsp3) is 0.357. The van der Waals surface area contributed by atoms with Crippen LogP contribution in [0.2, 0.25) is 0 Å². The van der Waals surface area contributed by atoms with Gasteiger partial charge in [-0.15, -0.1) is 0 Å². The van der Waals surface area contributed by atoms with Crippen molar-refractivity contribution < 1.29 is 14.4 Å². The summed E-state index contributed by atoms with van der Waals surface area (Å²) in [6.07, 6.45) is 0.649. The summed E-state index contributed by atoms with van der Waals surface area (Å²) in [6, 6.07) is 5.64. The quantitative estimate of drug-likeness (QED) is 0.628. The lowest BCUT2D eigenvalue weighted by atomic mass is 9.99. The van der Waals surface area contributed by atoms with Gasteiger partial charge in [-0.3, -0.25) is 19.3 Å². The number of benzene rings is 1. The summed E-state index contributed by atoms with van der Waals surface area (Å²) in [5.74, 6) is -1.06. The lowest BCUT2D eigenvalue weighted by molar-refractivity contribution is -0.116. The second-order valence-corrected chi connectivity index (χ2v) is 5.03. The molecule has 1 heterocycles. The van der Waals surface area contributed by atoms with E-state index in [2.05, 4.69) is 0 Å². The Balaban J connectivity index is 2.45. The number of carbonyl (C=O) groups is 3. The van der Waals surface area contributed by atoms with Crippen LogP contribution in [0.15, 0.2) is 24.3 Å². The van der Waals surface area contributed by atoms with Gasteiger partial charge in [-0.1, -0.05) is 32.4 Å². The summed E-state index contributed by atoms with van der Waals surface area (Å²) >= 11 is 5.59. The Morgan fingerprint density at radius 2 is 1.68 bits per heavy atom. The maximum atomic E-state index is 12.3. The second-order valence-electron chi connectivity index (χ2n) is 4.66. The number of rotatable bonds is 4. The molecule has 1 aromatic rings. The van der Waals surface area contributed by atoms with Gasteiger partial charge in [-0.25, -0.2) is 0 Å². The summed E-state index contributed by atoms with van der Waals surface area (Å²) in [5.41, 5.74) is 0.664. The van der Waals surface area contributed by atoms with Gasteiger partial charge in [0.1, 0.15) is 6.04 Å². The number of halogens is 1. The monoisotopic (exact) mass is 279 g/mol. The molecule has 0 fully saturated rings. The van der Waals surface area contributed by atoms with E-state index in [-0.39, 0.29) is 5.92 Å². The summed E-state index contributed by atoms with van der Waals surface area (Å²) < 4.78 is 0. The highest BCUT2D eigenvalue weighted by atomic mass is 35.5. The fourth-order valence-corrected chi connectivity index (χ4v) is 2.58. The maximum Gasteiger partial charge on any atom is 0.262 e. The molecule has 100 valence electrons. The van der Waals surface area contributed by atoms with Crippen LogP contribution in [-0.4, -0.2) is 28.0 Å². The van der Waals surface area contributed by atoms with Crippen molar-refractivity contribution in [1.82, 2.24) is 4.90 Å². The predicted molar refractivity (Wildman–Crippen MR) is 71.0 cm³/mol. The van der Waals surface area contributed by atoms with Gasteiger partial charge in [0.15, 0.2) is 0 Å². The van der Waals surface area contributed by atoms with Crippen LogP contribution in [0, 0.1) is 5.92 Å². The summed E-state index contributed by atoms with van der Waals surface area (Å²) in [6.45, 7) is 3.68. The van der Waals surface area contributed by atoms with E-state index < -0.39 is 23.1 Å². The van der Waals surface area contributed by atoms with E-state index in [9.17, 15) is 14.4 Å². The van der Waals surface area contributed by atoms with Crippen molar-refractivity contribution in [3.05, 3.63) is 35.4 Å². The van der Waals surface area contributed by atoms with Crippen LogP contribution in [-0.2, 0) is 4.79 Å². The van der Waals surface area contributed by atoms with E-state index in [1.807, 2.05) is 6.92 Å².